The van der Waals surface area contributed by atoms with Crippen LogP contribution >= 0.6 is 0 Å². The first-order chi connectivity index (χ1) is 7.24. The van der Waals surface area contributed by atoms with E-state index in [2.05, 4.69) is 5.32 Å². The maximum Gasteiger partial charge on any atom is 0.317 e. The molecular formula is C10H20N2O3. The van der Waals surface area contributed by atoms with Gasteiger partial charge in [-0.05, 0) is 12.8 Å². The molecule has 2 amide bonds. The molecule has 1 heterocycles. The van der Waals surface area contributed by atoms with Crippen LogP contribution in [0, 0.1) is 0 Å². The number of hydrogen-bond acceptors (Lipinski definition) is 3. The van der Waals surface area contributed by atoms with E-state index in [4.69, 9.17) is 9.47 Å². The minimum atomic E-state index is -0.0263. The summed E-state index contributed by atoms with van der Waals surface area (Å²) in [6, 6.07) is 0.156. The van der Waals surface area contributed by atoms with Gasteiger partial charge in [-0.1, -0.05) is 0 Å². The van der Waals surface area contributed by atoms with E-state index in [1.54, 1.807) is 19.1 Å². The fourth-order valence-electron chi connectivity index (χ4n) is 1.48. The Morgan fingerprint density at radius 1 is 1.67 bits per heavy atom. The second-order valence-electron chi connectivity index (χ2n) is 3.78. The Morgan fingerprint density at radius 3 is 3.07 bits per heavy atom. The van der Waals surface area contributed by atoms with Gasteiger partial charge in [-0.25, -0.2) is 4.79 Å². The quantitative estimate of drug-likeness (QED) is 0.679. The highest BCUT2D eigenvalue weighted by Gasteiger charge is 2.19. The standard InChI is InChI=1S/C10H20N2O3/c1-12(5-3-6-14-2)10(13)11-9-4-7-15-8-9/h9H,3-8H2,1-2H3,(H,11,13). The number of ether oxygens (including phenoxy) is 2. The largest absolute Gasteiger partial charge is 0.385 e. The lowest BCUT2D eigenvalue weighted by Gasteiger charge is -2.20. The number of carbonyl (C=O) groups excluding carboxylic acids is 1. The minimum Gasteiger partial charge on any atom is -0.385 e. The zero-order chi connectivity index (χ0) is 11.1. The number of nitrogens with zero attached hydrogens (tertiary/aromatic N) is 1. The van der Waals surface area contributed by atoms with Crippen molar-refractivity contribution in [3.63, 3.8) is 0 Å². The Bertz CT molecular complexity index is 193. The summed E-state index contributed by atoms with van der Waals surface area (Å²) in [5, 5.41) is 2.93. The first-order valence-corrected chi connectivity index (χ1v) is 5.32. The third kappa shape index (κ3) is 4.48. The summed E-state index contributed by atoms with van der Waals surface area (Å²) in [5.74, 6) is 0. The summed E-state index contributed by atoms with van der Waals surface area (Å²) in [7, 11) is 3.46. The highest BCUT2D eigenvalue weighted by Crippen LogP contribution is 2.03. The first kappa shape index (κ1) is 12.3. The molecule has 0 bridgehead atoms. The molecule has 1 rings (SSSR count). The number of methoxy groups -OCH3 is 1. The van der Waals surface area contributed by atoms with Gasteiger partial charge in [0.05, 0.1) is 12.6 Å². The molecule has 1 fully saturated rings. The van der Waals surface area contributed by atoms with Crippen molar-refractivity contribution in [3.8, 4) is 0 Å². The normalized spacial score (nSPS) is 20.3. The average molecular weight is 216 g/mol. The molecule has 1 unspecified atom stereocenters. The van der Waals surface area contributed by atoms with Crippen molar-refractivity contribution in [2.45, 2.75) is 18.9 Å². The van der Waals surface area contributed by atoms with Crippen molar-refractivity contribution >= 4 is 6.03 Å². The van der Waals surface area contributed by atoms with Crippen molar-refractivity contribution in [1.82, 2.24) is 10.2 Å². The van der Waals surface area contributed by atoms with Crippen LogP contribution in [0.1, 0.15) is 12.8 Å². The molecule has 1 saturated heterocycles. The van der Waals surface area contributed by atoms with Crippen LogP contribution in [0.3, 0.4) is 0 Å². The van der Waals surface area contributed by atoms with E-state index < -0.39 is 0 Å². The van der Waals surface area contributed by atoms with E-state index in [0.29, 0.717) is 19.8 Å². The van der Waals surface area contributed by atoms with E-state index in [-0.39, 0.29) is 12.1 Å². The van der Waals surface area contributed by atoms with E-state index in [1.165, 1.54) is 0 Å². The van der Waals surface area contributed by atoms with Crippen LogP contribution in [0.15, 0.2) is 0 Å². The molecule has 0 aromatic carbocycles. The summed E-state index contributed by atoms with van der Waals surface area (Å²) in [6.45, 7) is 2.79. The fraction of sp³-hybridized carbons (Fsp3) is 0.900. The fourth-order valence-corrected chi connectivity index (χ4v) is 1.48. The van der Waals surface area contributed by atoms with Gasteiger partial charge >= 0.3 is 6.03 Å². The predicted octanol–water partition coefficient (Wildman–Crippen LogP) is 0.453. The Balaban J connectivity index is 2.14. The maximum absolute atomic E-state index is 11.6. The van der Waals surface area contributed by atoms with Crippen molar-refractivity contribution < 1.29 is 14.3 Å². The molecule has 0 spiro atoms. The SMILES string of the molecule is COCCCN(C)C(=O)NC1CCOC1. The van der Waals surface area contributed by atoms with Gasteiger partial charge in [0.2, 0.25) is 0 Å². The molecule has 0 aromatic rings. The topological polar surface area (TPSA) is 50.8 Å². The summed E-state index contributed by atoms with van der Waals surface area (Å²) in [5.41, 5.74) is 0. The van der Waals surface area contributed by atoms with Crippen molar-refractivity contribution in [1.29, 1.82) is 0 Å². The van der Waals surface area contributed by atoms with Gasteiger partial charge in [0.25, 0.3) is 0 Å². The molecule has 0 radical (unpaired) electrons. The molecule has 5 heteroatoms. The molecule has 1 N–H and O–H groups in total. The monoisotopic (exact) mass is 216 g/mol. The van der Waals surface area contributed by atoms with E-state index in [0.717, 1.165) is 19.4 Å². The number of urea groups is 1. The third-order valence-electron chi connectivity index (χ3n) is 2.45. The lowest BCUT2D eigenvalue weighted by Crippen LogP contribution is -2.43. The number of rotatable bonds is 5. The lowest BCUT2D eigenvalue weighted by molar-refractivity contribution is 0.170. The van der Waals surface area contributed by atoms with Crippen LogP contribution in [0.2, 0.25) is 0 Å². The second kappa shape index (κ2) is 6.63. The van der Waals surface area contributed by atoms with Crippen LogP contribution in [0.25, 0.3) is 0 Å². The van der Waals surface area contributed by atoms with Crippen molar-refractivity contribution in [2.75, 3.05) is 40.5 Å². The number of amides is 2. The Labute approximate surface area is 90.7 Å². The van der Waals surface area contributed by atoms with Gasteiger partial charge < -0.3 is 19.7 Å². The van der Waals surface area contributed by atoms with Crippen LogP contribution in [0.5, 0.6) is 0 Å². The highest BCUT2D eigenvalue weighted by atomic mass is 16.5. The third-order valence-corrected chi connectivity index (χ3v) is 2.45. The Kier molecular flexibility index (Phi) is 5.42. The van der Waals surface area contributed by atoms with Crippen molar-refractivity contribution in [3.05, 3.63) is 0 Å². The summed E-state index contributed by atoms with van der Waals surface area (Å²) in [4.78, 5) is 13.3. The maximum atomic E-state index is 11.6. The average Bonchev–Trinajstić information content (AvgIpc) is 2.70. The molecular weight excluding hydrogens is 196 g/mol. The molecule has 88 valence electrons. The molecule has 1 aliphatic rings. The number of hydrogen-bond donors (Lipinski definition) is 1. The molecule has 0 aliphatic carbocycles. The van der Waals surface area contributed by atoms with E-state index >= 15 is 0 Å². The lowest BCUT2D eigenvalue weighted by atomic mass is 10.3. The molecule has 5 nitrogen and oxygen atoms in total. The second-order valence-corrected chi connectivity index (χ2v) is 3.78. The molecule has 15 heavy (non-hydrogen) atoms. The van der Waals surface area contributed by atoms with Gasteiger partial charge in [-0.2, -0.15) is 0 Å². The van der Waals surface area contributed by atoms with E-state index in [1.807, 2.05) is 0 Å². The van der Waals surface area contributed by atoms with E-state index in [9.17, 15) is 4.79 Å². The summed E-state index contributed by atoms with van der Waals surface area (Å²) < 4.78 is 10.1. The molecule has 1 aliphatic heterocycles. The van der Waals surface area contributed by atoms with Gasteiger partial charge in [0.15, 0.2) is 0 Å². The molecule has 1 atom stereocenters. The van der Waals surface area contributed by atoms with Gasteiger partial charge in [0, 0.05) is 33.9 Å². The van der Waals surface area contributed by atoms with Gasteiger partial charge in [0.1, 0.15) is 0 Å². The van der Waals surface area contributed by atoms with Crippen LogP contribution < -0.4 is 5.32 Å². The first-order valence-electron chi connectivity index (χ1n) is 5.32. The summed E-state index contributed by atoms with van der Waals surface area (Å²) in [6.07, 6.45) is 1.78. The van der Waals surface area contributed by atoms with Crippen LogP contribution in [-0.2, 0) is 9.47 Å². The Morgan fingerprint density at radius 2 is 2.47 bits per heavy atom. The Hall–Kier alpha value is -0.810. The van der Waals surface area contributed by atoms with Gasteiger partial charge in [-0.3, -0.25) is 0 Å². The highest BCUT2D eigenvalue weighted by molar-refractivity contribution is 5.74. The van der Waals surface area contributed by atoms with Crippen molar-refractivity contribution in [2.24, 2.45) is 0 Å². The molecule has 0 saturated carbocycles. The minimum absolute atomic E-state index is 0.0263. The smallest absolute Gasteiger partial charge is 0.317 e. The zero-order valence-electron chi connectivity index (χ0n) is 9.49. The zero-order valence-corrected chi connectivity index (χ0v) is 9.49. The summed E-state index contributed by atoms with van der Waals surface area (Å²) >= 11 is 0. The number of carbonyl (C=O) groups is 1. The molecule has 0 aromatic heterocycles. The predicted molar refractivity (Wildman–Crippen MR) is 56.9 cm³/mol. The van der Waals surface area contributed by atoms with Crippen LogP contribution in [0.4, 0.5) is 4.79 Å². The van der Waals surface area contributed by atoms with Gasteiger partial charge in [-0.15, -0.1) is 0 Å². The van der Waals surface area contributed by atoms with Crippen LogP contribution in [-0.4, -0.2) is 57.5 Å². The number of nitrogens with one attached hydrogen (secondary N) is 1.